The zero-order valence-corrected chi connectivity index (χ0v) is 22.0. The number of carbonyl (C=O) groups excluding carboxylic acids is 2. The van der Waals surface area contributed by atoms with E-state index < -0.39 is 0 Å². The van der Waals surface area contributed by atoms with Gasteiger partial charge in [-0.25, -0.2) is 4.98 Å². The van der Waals surface area contributed by atoms with E-state index in [-0.39, 0.29) is 23.3 Å². The summed E-state index contributed by atoms with van der Waals surface area (Å²) in [6.07, 6.45) is 2.66. The molecule has 35 heavy (non-hydrogen) atoms. The van der Waals surface area contributed by atoms with Crippen molar-refractivity contribution in [3.05, 3.63) is 58.3 Å². The number of likely N-dealkylation sites (tertiary alicyclic amines) is 1. The Kier molecular flexibility index (Phi) is 6.53. The highest BCUT2D eigenvalue weighted by molar-refractivity contribution is 6.32. The average molecular weight is 497 g/mol. The Morgan fingerprint density at radius 1 is 1.29 bits per heavy atom. The van der Waals surface area contributed by atoms with E-state index >= 15 is 0 Å². The third kappa shape index (κ3) is 4.59. The van der Waals surface area contributed by atoms with Crippen LogP contribution in [-0.2, 0) is 30.1 Å². The second-order valence-electron chi connectivity index (χ2n) is 10.3. The van der Waals surface area contributed by atoms with Crippen LogP contribution in [-0.4, -0.2) is 67.5 Å². The van der Waals surface area contributed by atoms with E-state index in [9.17, 15) is 9.59 Å². The number of nitrogens with zero attached hydrogens (tertiary/aromatic N) is 5. The fourth-order valence-corrected chi connectivity index (χ4v) is 5.08. The number of aromatic nitrogens is 4. The van der Waals surface area contributed by atoms with Crippen molar-refractivity contribution in [1.29, 1.82) is 0 Å². The standard InChI is InChI=1S/C26H33ClN6O2/c1-8-23(34)31(6)16-13-33(14-16)25(35)24-15(2)28-22(32(24)7)10-9-20-17-11-18(26(3,4)5)19(27)12-21(17)30-29-20/h8,11-12,16H,1,9-10,13-14H2,2-7H3,(H,29,30). The zero-order valence-electron chi connectivity index (χ0n) is 21.3. The molecule has 1 N–H and O–H groups in total. The fourth-order valence-electron chi connectivity index (χ4n) is 4.64. The van der Waals surface area contributed by atoms with Gasteiger partial charge in [-0.05, 0) is 42.5 Å². The molecule has 3 heterocycles. The Labute approximate surface area is 210 Å². The summed E-state index contributed by atoms with van der Waals surface area (Å²) in [7, 11) is 3.62. The summed E-state index contributed by atoms with van der Waals surface area (Å²) in [5.74, 6) is 0.648. The Balaban J connectivity index is 1.49. The molecular formula is C26H33ClN6O2. The van der Waals surface area contributed by atoms with Crippen molar-refractivity contribution < 1.29 is 9.59 Å². The summed E-state index contributed by atoms with van der Waals surface area (Å²) in [4.78, 5) is 33.1. The molecule has 0 aliphatic carbocycles. The molecule has 3 aromatic rings. The molecule has 1 aromatic carbocycles. The zero-order chi connectivity index (χ0) is 25.7. The maximum absolute atomic E-state index is 13.2. The van der Waals surface area contributed by atoms with E-state index in [2.05, 4.69) is 43.6 Å². The molecular weight excluding hydrogens is 464 g/mol. The predicted octanol–water partition coefficient (Wildman–Crippen LogP) is 3.81. The number of likely N-dealkylation sites (N-methyl/N-ethyl adjacent to an activating group) is 1. The third-order valence-electron chi connectivity index (χ3n) is 6.91. The number of aryl methyl sites for hydroxylation is 3. The Hall–Kier alpha value is -3.13. The van der Waals surface area contributed by atoms with Crippen molar-refractivity contribution in [1.82, 2.24) is 29.5 Å². The first-order valence-electron chi connectivity index (χ1n) is 11.8. The lowest BCUT2D eigenvalue weighted by Gasteiger charge is -2.43. The van der Waals surface area contributed by atoms with Gasteiger partial charge >= 0.3 is 0 Å². The maximum atomic E-state index is 13.2. The van der Waals surface area contributed by atoms with E-state index in [1.807, 2.05) is 24.6 Å². The number of benzene rings is 1. The van der Waals surface area contributed by atoms with Gasteiger partial charge in [-0.15, -0.1) is 0 Å². The lowest BCUT2D eigenvalue weighted by atomic mass is 9.86. The van der Waals surface area contributed by atoms with Gasteiger partial charge in [0.2, 0.25) is 5.91 Å². The largest absolute Gasteiger partial charge is 0.336 e. The Morgan fingerprint density at radius 2 is 1.97 bits per heavy atom. The van der Waals surface area contributed by atoms with E-state index in [0.717, 1.165) is 33.0 Å². The number of rotatable bonds is 6. The Morgan fingerprint density at radius 3 is 2.60 bits per heavy atom. The van der Waals surface area contributed by atoms with Gasteiger partial charge in [0.25, 0.3) is 5.91 Å². The van der Waals surface area contributed by atoms with Gasteiger partial charge in [0.05, 0.1) is 17.3 Å². The quantitative estimate of drug-likeness (QED) is 0.526. The van der Waals surface area contributed by atoms with Crippen molar-refractivity contribution in [3.8, 4) is 0 Å². The van der Waals surface area contributed by atoms with Gasteiger partial charge in [-0.3, -0.25) is 14.7 Å². The van der Waals surface area contributed by atoms with Crippen LogP contribution in [0.2, 0.25) is 5.02 Å². The number of carbonyl (C=O) groups is 2. The summed E-state index contributed by atoms with van der Waals surface area (Å²) in [6.45, 7) is 12.8. The molecule has 0 atom stereocenters. The van der Waals surface area contributed by atoms with Crippen molar-refractivity contribution in [2.45, 2.75) is 52.0 Å². The number of hydrogen-bond acceptors (Lipinski definition) is 4. The van der Waals surface area contributed by atoms with Crippen LogP contribution >= 0.6 is 11.6 Å². The maximum Gasteiger partial charge on any atom is 0.272 e. The number of hydrogen-bond donors (Lipinski definition) is 1. The normalized spacial score (nSPS) is 14.3. The molecule has 1 fully saturated rings. The van der Waals surface area contributed by atoms with Gasteiger partial charge in [-0.1, -0.05) is 39.0 Å². The molecule has 1 saturated heterocycles. The fraction of sp³-hybridized carbons (Fsp3) is 0.462. The van der Waals surface area contributed by atoms with Crippen molar-refractivity contribution in [2.75, 3.05) is 20.1 Å². The molecule has 8 nitrogen and oxygen atoms in total. The van der Waals surface area contributed by atoms with E-state index in [1.54, 1.807) is 16.8 Å². The molecule has 9 heteroatoms. The van der Waals surface area contributed by atoms with Gasteiger partial charge in [0, 0.05) is 49.7 Å². The molecule has 4 rings (SSSR count). The number of nitrogens with one attached hydrogen (secondary N) is 1. The minimum Gasteiger partial charge on any atom is -0.336 e. The molecule has 0 unspecified atom stereocenters. The van der Waals surface area contributed by atoms with Crippen LogP contribution in [0.3, 0.4) is 0 Å². The van der Waals surface area contributed by atoms with Crippen LogP contribution in [0.5, 0.6) is 0 Å². The molecule has 1 aliphatic rings. The SMILES string of the molecule is C=CC(=O)N(C)C1CN(C(=O)c2c(C)nc(CCc3[nH]nc4cc(Cl)c(C(C)(C)C)cc34)n2C)C1. The highest BCUT2D eigenvalue weighted by Gasteiger charge is 2.37. The first-order chi connectivity index (χ1) is 16.4. The molecule has 1 aliphatic heterocycles. The monoisotopic (exact) mass is 496 g/mol. The molecule has 2 amide bonds. The minimum atomic E-state index is -0.135. The van der Waals surface area contributed by atoms with Crippen molar-refractivity contribution in [3.63, 3.8) is 0 Å². The van der Waals surface area contributed by atoms with Gasteiger partial charge in [0.1, 0.15) is 11.5 Å². The number of fused-ring (bicyclic) bond motifs is 1. The summed E-state index contributed by atoms with van der Waals surface area (Å²) >= 11 is 6.51. The van der Waals surface area contributed by atoms with Crippen LogP contribution in [0.15, 0.2) is 24.8 Å². The van der Waals surface area contributed by atoms with E-state index in [0.29, 0.717) is 37.3 Å². The lowest BCUT2D eigenvalue weighted by Crippen LogP contribution is -2.61. The number of amides is 2. The number of aromatic amines is 1. The van der Waals surface area contributed by atoms with Crippen LogP contribution in [0.1, 0.15) is 54.0 Å². The third-order valence-corrected chi connectivity index (χ3v) is 7.23. The number of imidazole rings is 1. The molecule has 0 saturated carbocycles. The smallest absolute Gasteiger partial charge is 0.272 e. The molecule has 2 aromatic heterocycles. The van der Waals surface area contributed by atoms with Crippen LogP contribution in [0.25, 0.3) is 10.9 Å². The number of H-pyrrole nitrogens is 1. The second-order valence-corrected chi connectivity index (χ2v) is 10.7. The van der Waals surface area contributed by atoms with Gasteiger partial charge < -0.3 is 14.4 Å². The Bertz CT molecular complexity index is 1310. The first-order valence-corrected chi connectivity index (χ1v) is 12.2. The summed E-state index contributed by atoms with van der Waals surface area (Å²) < 4.78 is 1.89. The predicted molar refractivity (Wildman–Crippen MR) is 138 cm³/mol. The van der Waals surface area contributed by atoms with Crippen LogP contribution in [0, 0.1) is 6.92 Å². The van der Waals surface area contributed by atoms with E-state index in [1.165, 1.54) is 6.08 Å². The second kappa shape index (κ2) is 9.15. The number of halogens is 1. The molecule has 0 radical (unpaired) electrons. The highest BCUT2D eigenvalue weighted by atomic mass is 35.5. The molecule has 0 spiro atoms. The highest BCUT2D eigenvalue weighted by Crippen LogP contribution is 2.33. The lowest BCUT2D eigenvalue weighted by molar-refractivity contribution is -0.129. The van der Waals surface area contributed by atoms with Crippen LogP contribution < -0.4 is 0 Å². The van der Waals surface area contributed by atoms with Crippen molar-refractivity contribution >= 4 is 34.3 Å². The minimum absolute atomic E-state index is 0.0117. The van der Waals surface area contributed by atoms with Gasteiger partial charge in [-0.2, -0.15) is 5.10 Å². The van der Waals surface area contributed by atoms with E-state index in [4.69, 9.17) is 16.6 Å². The molecule has 0 bridgehead atoms. The average Bonchev–Trinajstić information content (AvgIpc) is 3.27. The van der Waals surface area contributed by atoms with Crippen molar-refractivity contribution in [2.24, 2.45) is 7.05 Å². The molecule has 186 valence electrons. The van der Waals surface area contributed by atoms with Crippen LogP contribution in [0.4, 0.5) is 0 Å². The first kappa shape index (κ1) is 25.0. The summed E-state index contributed by atoms with van der Waals surface area (Å²) in [5, 5.41) is 9.38. The summed E-state index contributed by atoms with van der Waals surface area (Å²) in [5.41, 5.74) is 4.18. The summed E-state index contributed by atoms with van der Waals surface area (Å²) in [6, 6.07) is 4.06. The van der Waals surface area contributed by atoms with Gasteiger partial charge in [0.15, 0.2) is 0 Å². The topological polar surface area (TPSA) is 87.1 Å².